The predicted octanol–water partition coefficient (Wildman–Crippen LogP) is -0.855. The number of aliphatic hydroxyl groups is 2. The lowest BCUT2D eigenvalue weighted by molar-refractivity contribution is -0.107. The van der Waals surface area contributed by atoms with Crippen molar-refractivity contribution in [2.45, 2.75) is 25.4 Å². The second kappa shape index (κ2) is 6.04. The summed E-state index contributed by atoms with van der Waals surface area (Å²) in [4.78, 5) is 18.1. The highest BCUT2D eigenvalue weighted by Crippen LogP contribution is 2.17. The van der Waals surface area contributed by atoms with Gasteiger partial charge in [0.2, 0.25) is 5.95 Å². The summed E-state index contributed by atoms with van der Waals surface area (Å²) in [5, 5.41) is 23.2. The van der Waals surface area contributed by atoms with Crippen LogP contribution in [0.2, 0.25) is 0 Å². The quantitative estimate of drug-likeness (QED) is 0.509. The molecule has 2 heterocycles. The molecule has 0 aromatic carbocycles. The minimum atomic E-state index is -1.03. The molecule has 0 fully saturated rings. The molecule has 0 aliphatic carbocycles. The van der Waals surface area contributed by atoms with E-state index in [1.807, 2.05) is 0 Å². The number of aromatic amines is 1. The number of anilines is 1. The fraction of sp³-hybridized carbons (Fsp3) is 0.417. The SMILES string of the molecule is C=CC(O)[C@@H](CO)O[C@H](C)n1ncc2c(=O)[nH]c(N)nc21. The summed E-state index contributed by atoms with van der Waals surface area (Å²) in [7, 11) is 0. The molecule has 2 aromatic heterocycles. The lowest BCUT2D eigenvalue weighted by Crippen LogP contribution is -2.33. The van der Waals surface area contributed by atoms with Crippen molar-refractivity contribution in [2.75, 3.05) is 12.3 Å². The van der Waals surface area contributed by atoms with Crippen molar-refractivity contribution < 1.29 is 14.9 Å². The number of nitrogen functional groups attached to an aromatic ring is 1. The normalized spacial score (nSPS) is 15.8. The number of hydrogen-bond donors (Lipinski definition) is 4. The number of nitrogens with one attached hydrogen (secondary N) is 1. The number of nitrogens with zero attached hydrogens (tertiary/aromatic N) is 3. The molecule has 3 atom stereocenters. The van der Waals surface area contributed by atoms with Crippen LogP contribution >= 0.6 is 0 Å². The highest BCUT2D eigenvalue weighted by atomic mass is 16.5. The van der Waals surface area contributed by atoms with E-state index >= 15 is 0 Å². The number of nitrogens with two attached hydrogens (primary N) is 1. The first-order chi connectivity index (χ1) is 9.97. The fourth-order valence-electron chi connectivity index (χ4n) is 1.91. The van der Waals surface area contributed by atoms with Crippen molar-refractivity contribution >= 4 is 17.0 Å². The van der Waals surface area contributed by atoms with Crippen molar-refractivity contribution in [3.63, 3.8) is 0 Å². The van der Waals surface area contributed by atoms with Crippen molar-refractivity contribution in [3.8, 4) is 0 Å². The zero-order valence-corrected chi connectivity index (χ0v) is 11.4. The van der Waals surface area contributed by atoms with Crippen LogP contribution in [0.1, 0.15) is 13.2 Å². The Hall–Kier alpha value is -2.23. The van der Waals surface area contributed by atoms with Gasteiger partial charge in [-0.1, -0.05) is 6.08 Å². The van der Waals surface area contributed by atoms with Gasteiger partial charge in [0.25, 0.3) is 5.56 Å². The van der Waals surface area contributed by atoms with Gasteiger partial charge in [-0.25, -0.2) is 4.68 Å². The number of aromatic nitrogens is 4. The molecule has 0 spiro atoms. The summed E-state index contributed by atoms with van der Waals surface area (Å²) < 4.78 is 6.87. The van der Waals surface area contributed by atoms with E-state index < -0.39 is 30.6 Å². The van der Waals surface area contributed by atoms with E-state index in [-0.39, 0.29) is 17.0 Å². The van der Waals surface area contributed by atoms with E-state index in [9.17, 15) is 15.0 Å². The van der Waals surface area contributed by atoms with Gasteiger partial charge in [0.1, 0.15) is 23.8 Å². The number of aliphatic hydroxyl groups excluding tert-OH is 2. The van der Waals surface area contributed by atoms with E-state index in [1.54, 1.807) is 6.92 Å². The lowest BCUT2D eigenvalue weighted by atomic mass is 10.2. The second-order valence-corrected chi connectivity index (χ2v) is 4.46. The number of ether oxygens (including phenoxy) is 1. The van der Waals surface area contributed by atoms with E-state index in [0.29, 0.717) is 0 Å². The summed E-state index contributed by atoms with van der Waals surface area (Å²) in [6.07, 6.45) is 0.0356. The Morgan fingerprint density at radius 3 is 3.00 bits per heavy atom. The molecular formula is C12H17N5O4. The van der Waals surface area contributed by atoms with Crippen LogP contribution < -0.4 is 11.3 Å². The maximum absolute atomic E-state index is 11.7. The second-order valence-electron chi connectivity index (χ2n) is 4.46. The van der Waals surface area contributed by atoms with Gasteiger partial charge in [0.05, 0.1) is 12.8 Å². The molecular weight excluding hydrogens is 278 g/mol. The van der Waals surface area contributed by atoms with Crippen molar-refractivity contribution in [3.05, 3.63) is 29.2 Å². The third kappa shape index (κ3) is 2.94. The Labute approximate surface area is 119 Å². The van der Waals surface area contributed by atoms with Gasteiger partial charge >= 0.3 is 0 Å². The average Bonchev–Trinajstić information content (AvgIpc) is 2.87. The van der Waals surface area contributed by atoms with E-state index in [1.165, 1.54) is 17.0 Å². The van der Waals surface area contributed by atoms with Crippen molar-refractivity contribution in [1.82, 2.24) is 19.7 Å². The number of fused-ring (bicyclic) bond motifs is 1. The molecule has 21 heavy (non-hydrogen) atoms. The Morgan fingerprint density at radius 2 is 2.38 bits per heavy atom. The third-order valence-electron chi connectivity index (χ3n) is 3.00. The van der Waals surface area contributed by atoms with Crippen LogP contribution in [-0.2, 0) is 4.74 Å². The number of rotatable bonds is 6. The molecule has 9 heteroatoms. The maximum Gasteiger partial charge on any atom is 0.263 e. The van der Waals surface area contributed by atoms with Gasteiger partial charge in [-0.2, -0.15) is 10.1 Å². The summed E-state index contributed by atoms with van der Waals surface area (Å²) in [6, 6.07) is 0. The van der Waals surface area contributed by atoms with Gasteiger partial charge < -0.3 is 20.7 Å². The minimum absolute atomic E-state index is 0.0358. The molecule has 0 saturated carbocycles. The molecule has 0 bridgehead atoms. The molecule has 9 nitrogen and oxygen atoms in total. The van der Waals surface area contributed by atoms with Gasteiger partial charge in [-0.15, -0.1) is 6.58 Å². The van der Waals surface area contributed by atoms with E-state index in [0.717, 1.165) is 0 Å². The van der Waals surface area contributed by atoms with E-state index in [4.69, 9.17) is 10.5 Å². The Morgan fingerprint density at radius 1 is 1.67 bits per heavy atom. The van der Waals surface area contributed by atoms with Crippen LogP contribution in [0.5, 0.6) is 0 Å². The van der Waals surface area contributed by atoms with Gasteiger partial charge in [0, 0.05) is 0 Å². The topological polar surface area (TPSA) is 139 Å². The van der Waals surface area contributed by atoms with Crippen LogP contribution in [-0.4, -0.2) is 48.8 Å². The first-order valence-corrected chi connectivity index (χ1v) is 6.28. The van der Waals surface area contributed by atoms with Crippen LogP contribution in [0.25, 0.3) is 11.0 Å². The molecule has 5 N–H and O–H groups in total. The Balaban J connectivity index is 2.33. The molecule has 1 unspecified atom stereocenters. The predicted molar refractivity (Wildman–Crippen MR) is 75.4 cm³/mol. The van der Waals surface area contributed by atoms with Crippen LogP contribution in [0.3, 0.4) is 0 Å². The number of hydrogen-bond acceptors (Lipinski definition) is 7. The van der Waals surface area contributed by atoms with Gasteiger partial charge in [-0.3, -0.25) is 9.78 Å². The summed E-state index contributed by atoms with van der Waals surface area (Å²) in [5.41, 5.74) is 5.36. The molecule has 0 saturated heterocycles. The van der Waals surface area contributed by atoms with Crippen molar-refractivity contribution in [1.29, 1.82) is 0 Å². The van der Waals surface area contributed by atoms with E-state index in [2.05, 4.69) is 21.6 Å². The first kappa shape index (κ1) is 15.2. The summed E-state index contributed by atoms with van der Waals surface area (Å²) in [6.45, 7) is 4.68. The zero-order valence-electron chi connectivity index (χ0n) is 11.4. The van der Waals surface area contributed by atoms with Crippen LogP contribution in [0.4, 0.5) is 5.95 Å². The molecule has 2 rings (SSSR count). The smallest absolute Gasteiger partial charge is 0.263 e. The molecule has 0 aliphatic rings. The molecule has 114 valence electrons. The minimum Gasteiger partial charge on any atom is -0.394 e. The maximum atomic E-state index is 11.7. The number of H-pyrrole nitrogens is 1. The van der Waals surface area contributed by atoms with Crippen LogP contribution in [0, 0.1) is 0 Å². The van der Waals surface area contributed by atoms with Gasteiger partial charge in [-0.05, 0) is 6.92 Å². The lowest BCUT2D eigenvalue weighted by Gasteiger charge is -2.23. The Bertz CT molecular complexity index is 695. The van der Waals surface area contributed by atoms with Crippen molar-refractivity contribution in [2.24, 2.45) is 0 Å². The average molecular weight is 295 g/mol. The Kier molecular flexibility index (Phi) is 4.36. The summed E-state index contributed by atoms with van der Waals surface area (Å²) >= 11 is 0. The highest BCUT2D eigenvalue weighted by Gasteiger charge is 2.22. The third-order valence-corrected chi connectivity index (χ3v) is 3.00. The fourth-order valence-corrected chi connectivity index (χ4v) is 1.91. The molecule has 0 aliphatic heterocycles. The highest BCUT2D eigenvalue weighted by molar-refractivity contribution is 5.74. The summed E-state index contributed by atoms with van der Waals surface area (Å²) in [5.74, 6) is -0.0358. The monoisotopic (exact) mass is 295 g/mol. The largest absolute Gasteiger partial charge is 0.394 e. The molecule has 0 amide bonds. The first-order valence-electron chi connectivity index (χ1n) is 6.28. The van der Waals surface area contributed by atoms with Gasteiger partial charge in [0.15, 0.2) is 5.65 Å². The molecule has 0 radical (unpaired) electrons. The van der Waals surface area contributed by atoms with Crippen LogP contribution in [0.15, 0.2) is 23.6 Å². The molecule has 2 aromatic rings. The standard InChI is InChI=1S/C12H17N5O4/c1-3-8(19)9(5-18)21-6(2)17-10-7(4-14-17)11(20)16-12(13)15-10/h3-4,6,8-9,18-19H,1,5H2,2H3,(H3,13,15,16,20)/t6-,8?,9-/m1/s1. The zero-order chi connectivity index (χ0) is 15.6.